The van der Waals surface area contributed by atoms with Crippen molar-refractivity contribution in [2.45, 2.75) is 31.7 Å². The first-order chi connectivity index (χ1) is 9.20. The zero-order chi connectivity index (χ0) is 13.7. The number of hydrogen-bond acceptors (Lipinski definition) is 1. The minimum Gasteiger partial charge on any atom is -0.327 e. The van der Waals surface area contributed by atoms with Crippen molar-refractivity contribution >= 4 is 0 Å². The van der Waals surface area contributed by atoms with Crippen LogP contribution in [0, 0.1) is 5.82 Å². The molecule has 2 aromatic carbocycles. The van der Waals surface area contributed by atoms with Gasteiger partial charge in [-0.25, -0.2) is 4.39 Å². The van der Waals surface area contributed by atoms with E-state index < -0.39 is 0 Å². The highest BCUT2D eigenvalue weighted by Crippen LogP contribution is 2.24. The molecule has 0 bridgehead atoms. The summed E-state index contributed by atoms with van der Waals surface area (Å²) >= 11 is 0. The Kier molecular flexibility index (Phi) is 4.69. The highest BCUT2D eigenvalue weighted by Gasteiger charge is 2.18. The highest BCUT2D eigenvalue weighted by atomic mass is 19.1. The SMILES string of the molecule is CCC(c1ccccc1)C(N)Cc1ccc(F)cc1. The van der Waals surface area contributed by atoms with Crippen LogP contribution in [0.3, 0.4) is 0 Å². The fourth-order valence-electron chi connectivity index (χ4n) is 2.52. The molecule has 19 heavy (non-hydrogen) atoms. The van der Waals surface area contributed by atoms with E-state index in [4.69, 9.17) is 5.73 Å². The smallest absolute Gasteiger partial charge is 0.123 e. The van der Waals surface area contributed by atoms with Crippen LogP contribution in [-0.2, 0) is 6.42 Å². The Morgan fingerprint density at radius 1 is 1.00 bits per heavy atom. The van der Waals surface area contributed by atoms with Crippen LogP contribution in [0.5, 0.6) is 0 Å². The van der Waals surface area contributed by atoms with Gasteiger partial charge in [0.15, 0.2) is 0 Å². The number of hydrogen-bond donors (Lipinski definition) is 1. The van der Waals surface area contributed by atoms with Gasteiger partial charge in [0.25, 0.3) is 0 Å². The summed E-state index contributed by atoms with van der Waals surface area (Å²) in [5.74, 6) is 0.138. The standard InChI is InChI=1S/C17H20FN/c1-2-16(14-6-4-3-5-7-14)17(19)12-13-8-10-15(18)11-9-13/h3-11,16-17H,2,12,19H2,1H3. The van der Waals surface area contributed by atoms with Crippen molar-refractivity contribution in [2.75, 3.05) is 0 Å². The Labute approximate surface area is 114 Å². The molecular formula is C17H20FN. The molecule has 0 radical (unpaired) electrons. The molecule has 2 heteroatoms. The molecule has 2 atom stereocenters. The van der Waals surface area contributed by atoms with Gasteiger partial charge in [-0.15, -0.1) is 0 Å². The Morgan fingerprint density at radius 2 is 1.63 bits per heavy atom. The van der Waals surface area contributed by atoms with Crippen molar-refractivity contribution in [1.29, 1.82) is 0 Å². The van der Waals surface area contributed by atoms with E-state index in [-0.39, 0.29) is 11.9 Å². The molecule has 0 saturated heterocycles. The van der Waals surface area contributed by atoms with Gasteiger partial charge >= 0.3 is 0 Å². The number of nitrogens with two attached hydrogens (primary N) is 1. The maximum absolute atomic E-state index is 12.9. The molecule has 2 aromatic rings. The first-order valence-electron chi connectivity index (χ1n) is 6.75. The van der Waals surface area contributed by atoms with Crippen molar-refractivity contribution < 1.29 is 4.39 Å². The van der Waals surface area contributed by atoms with Crippen LogP contribution in [0.15, 0.2) is 54.6 Å². The van der Waals surface area contributed by atoms with Crippen LogP contribution >= 0.6 is 0 Å². The summed E-state index contributed by atoms with van der Waals surface area (Å²) in [6, 6.07) is 17.0. The van der Waals surface area contributed by atoms with Crippen molar-refractivity contribution in [3.05, 3.63) is 71.5 Å². The topological polar surface area (TPSA) is 26.0 Å². The van der Waals surface area contributed by atoms with E-state index in [0.29, 0.717) is 5.92 Å². The van der Waals surface area contributed by atoms with Gasteiger partial charge in [0.1, 0.15) is 5.82 Å². The quantitative estimate of drug-likeness (QED) is 0.864. The minimum atomic E-state index is -0.201. The molecule has 2 rings (SSSR count). The largest absolute Gasteiger partial charge is 0.327 e. The molecule has 100 valence electrons. The normalized spacial score (nSPS) is 14.1. The summed E-state index contributed by atoms with van der Waals surface area (Å²) in [6.07, 6.45) is 1.78. The molecule has 0 aromatic heterocycles. The summed E-state index contributed by atoms with van der Waals surface area (Å²) in [5.41, 5.74) is 8.70. The lowest BCUT2D eigenvalue weighted by atomic mass is 9.86. The fraction of sp³-hybridized carbons (Fsp3) is 0.294. The molecule has 0 aliphatic heterocycles. The second-order valence-electron chi connectivity index (χ2n) is 4.92. The number of rotatable bonds is 5. The van der Waals surface area contributed by atoms with E-state index in [1.807, 2.05) is 30.3 Å². The number of halogens is 1. The van der Waals surface area contributed by atoms with E-state index in [0.717, 1.165) is 18.4 Å². The Bertz CT molecular complexity index is 492. The van der Waals surface area contributed by atoms with Crippen LogP contribution in [0.4, 0.5) is 4.39 Å². The molecule has 0 spiro atoms. The zero-order valence-corrected chi connectivity index (χ0v) is 11.2. The first kappa shape index (κ1) is 13.8. The molecule has 2 unspecified atom stereocenters. The third-order valence-corrected chi connectivity index (χ3v) is 3.57. The van der Waals surface area contributed by atoms with Crippen molar-refractivity contribution in [3.8, 4) is 0 Å². The lowest BCUT2D eigenvalue weighted by Crippen LogP contribution is -2.30. The van der Waals surface area contributed by atoms with Crippen LogP contribution in [0.1, 0.15) is 30.4 Å². The average molecular weight is 257 g/mol. The molecule has 2 N–H and O–H groups in total. The third kappa shape index (κ3) is 3.65. The van der Waals surface area contributed by atoms with Gasteiger partial charge < -0.3 is 5.73 Å². The average Bonchev–Trinajstić information content (AvgIpc) is 2.43. The maximum atomic E-state index is 12.9. The second kappa shape index (κ2) is 6.48. The summed E-state index contributed by atoms with van der Waals surface area (Å²) in [4.78, 5) is 0. The van der Waals surface area contributed by atoms with Gasteiger partial charge in [0.05, 0.1) is 0 Å². The van der Waals surface area contributed by atoms with E-state index in [1.54, 1.807) is 0 Å². The Morgan fingerprint density at radius 3 is 2.21 bits per heavy atom. The summed E-state index contributed by atoms with van der Waals surface area (Å²) in [5, 5.41) is 0. The highest BCUT2D eigenvalue weighted by molar-refractivity contribution is 5.23. The van der Waals surface area contributed by atoms with Gasteiger partial charge in [-0.2, -0.15) is 0 Å². The summed E-state index contributed by atoms with van der Waals surface area (Å²) < 4.78 is 12.9. The summed E-state index contributed by atoms with van der Waals surface area (Å²) in [6.45, 7) is 2.15. The lowest BCUT2D eigenvalue weighted by Gasteiger charge is -2.23. The van der Waals surface area contributed by atoms with Gasteiger partial charge in [0.2, 0.25) is 0 Å². The van der Waals surface area contributed by atoms with Crippen molar-refractivity contribution in [3.63, 3.8) is 0 Å². The number of benzene rings is 2. The molecule has 0 saturated carbocycles. The maximum Gasteiger partial charge on any atom is 0.123 e. The van der Waals surface area contributed by atoms with Crippen LogP contribution < -0.4 is 5.73 Å². The lowest BCUT2D eigenvalue weighted by molar-refractivity contribution is 0.514. The van der Waals surface area contributed by atoms with Crippen molar-refractivity contribution in [1.82, 2.24) is 0 Å². The second-order valence-corrected chi connectivity index (χ2v) is 4.92. The Hall–Kier alpha value is -1.67. The van der Waals surface area contributed by atoms with E-state index in [2.05, 4.69) is 19.1 Å². The first-order valence-corrected chi connectivity index (χ1v) is 6.75. The van der Waals surface area contributed by atoms with Gasteiger partial charge in [-0.3, -0.25) is 0 Å². The van der Waals surface area contributed by atoms with Crippen LogP contribution in [-0.4, -0.2) is 6.04 Å². The monoisotopic (exact) mass is 257 g/mol. The molecule has 1 nitrogen and oxygen atoms in total. The van der Waals surface area contributed by atoms with Gasteiger partial charge in [-0.05, 0) is 42.0 Å². The fourth-order valence-corrected chi connectivity index (χ4v) is 2.52. The Balaban J connectivity index is 2.09. The van der Waals surface area contributed by atoms with E-state index in [9.17, 15) is 4.39 Å². The third-order valence-electron chi connectivity index (χ3n) is 3.57. The predicted molar refractivity (Wildman–Crippen MR) is 77.6 cm³/mol. The van der Waals surface area contributed by atoms with Crippen LogP contribution in [0.25, 0.3) is 0 Å². The molecule has 0 heterocycles. The summed E-state index contributed by atoms with van der Waals surface area (Å²) in [7, 11) is 0. The zero-order valence-electron chi connectivity index (χ0n) is 11.2. The molecule has 0 fully saturated rings. The van der Waals surface area contributed by atoms with Gasteiger partial charge in [-0.1, -0.05) is 49.4 Å². The predicted octanol–water partition coefficient (Wildman–Crippen LogP) is 3.89. The van der Waals surface area contributed by atoms with E-state index >= 15 is 0 Å². The van der Waals surface area contributed by atoms with Crippen molar-refractivity contribution in [2.24, 2.45) is 5.73 Å². The molecule has 0 aliphatic rings. The molecular weight excluding hydrogens is 237 g/mol. The van der Waals surface area contributed by atoms with Crippen LogP contribution in [0.2, 0.25) is 0 Å². The van der Waals surface area contributed by atoms with Gasteiger partial charge in [0, 0.05) is 6.04 Å². The molecule has 0 amide bonds. The van der Waals surface area contributed by atoms with E-state index in [1.165, 1.54) is 17.7 Å². The minimum absolute atomic E-state index is 0.0536. The molecule has 0 aliphatic carbocycles.